The third kappa shape index (κ3) is 5.40. The summed E-state index contributed by atoms with van der Waals surface area (Å²) in [4.78, 5) is 0. The third-order valence-electron chi connectivity index (χ3n) is 1.70. The van der Waals surface area contributed by atoms with Crippen molar-refractivity contribution >= 4 is 0 Å². The first-order valence-electron chi connectivity index (χ1n) is 4.47. The Morgan fingerprint density at radius 3 is 0.765 bits per heavy atom. The van der Waals surface area contributed by atoms with E-state index in [4.69, 9.17) is 0 Å². The molecule has 17 heavy (non-hydrogen) atoms. The average molecular weight is 395 g/mol. The van der Waals surface area contributed by atoms with Gasteiger partial charge in [0.05, 0.1) is 0 Å². The van der Waals surface area contributed by atoms with Crippen LogP contribution in [-0.2, 0) is 25.8 Å². The second kappa shape index (κ2) is 7.73. The van der Waals surface area contributed by atoms with Gasteiger partial charge in [-0.3, -0.25) is 0 Å². The van der Waals surface area contributed by atoms with Gasteiger partial charge in [0.1, 0.15) is 0 Å². The summed E-state index contributed by atoms with van der Waals surface area (Å²) in [6.45, 7) is 0. The Morgan fingerprint density at radius 1 is 0.471 bits per heavy atom. The van der Waals surface area contributed by atoms with Crippen LogP contribution in [0.25, 0.3) is 0 Å². The standard InChI is InChI=1S/2C6H6O2.Hf/c2*7-5-3-1-2-4-6(5)8;/h2*1-4,7-8H;/q;;+4/p-4. The molecule has 0 aliphatic heterocycles. The second-order valence-corrected chi connectivity index (χ2v) is 2.89. The van der Waals surface area contributed by atoms with Gasteiger partial charge in [0, 0.05) is 0 Å². The molecular weight excluding hydrogens is 387 g/mol. The molecular formula is C12H8HfO4. The number of hydrogen-bond donors (Lipinski definition) is 0. The quantitative estimate of drug-likeness (QED) is 0.572. The summed E-state index contributed by atoms with van der Waals surface area (Å²) in [6, 6.07) is 11.2. The molecule has 2 aromatic carbocycles. The molecule has 0 unspecified atom stereocenters. The Bertz CT molecular complexity index is 374. The fraction of sp³-hybridized carbons (Fsp3) is 0. The van der Waals surface area contributed by atoms with Crippen molar-refractivity contribution in [2.45, 2.75) is 0 Å². The summed E-state index contributed by atoms with van der Waals surface area (Å²) in [5.41, 5.74) is 0. The average Bonchev–Trinajstić information content (AvgIpc) is 2.28. The van der Waals surface area contributed by atoms with Crippen molar-refractivity contribution in [1.29, 1.82) is 0 Å². The van der Waals surface area contributed by atoms with Crippen LogP contribution in [0, 0.1) is 0 Å². The first-order valence-corrected chi connectivity index (χ1v) is 4.47. The van der Waals surface area contributed by atoms with Gasteiger partial charge < -0.3 is 20.4 Å². The summed E-state index contributed by atoms with van der Waals surface area (Å²) >= 11 is 0. The molecule has 0 fully saturated rings. The maximum atomic E-state index is 10.3. The molecule has 0 aromatic heterocycles. The number of hydrogen-bond acceptors (Lipinski definition) is 4. The van der Waals surface area contributed by atoms with E-state index in [1.54, 1.807) is 24.3 Å². The van der Waals surface area contributed by atoms with Crippen molar-refractivity contribution in [2.24, 2.45) is 0 Å². The smallest absolute Gasteiger partial charge is 0.873 e. The van der Waals surface area contributed by atoms with Gasteiger partial charge in [-0.15, -0.1) is 23.0 Å². The zero-order valence-electron chi connectivity index (χ0n) is 8.75. The van der Waals surface area contributed by atoms with E-state index in [0.717, 1.165) is 0 Å². The minimum absolute atomic E-state index is 0. The summed E-state index contributed by atoms with van der Waals surface area (Å²) < 4.78 is 0. The van der Waals surface area contributed by atoms with Gasteiger partial charge in [-0.25, -0.2) is 0 Å². The first-order chi connectivity index (χ1) is 7.61. The molecule has 2 aromatic rings. The summed E-state index contributed by atoms with van der Waals surface area (Å²) in [7, 11) is 0. The molecule has 84 valence electrons. The summed E-state index contributed by atoms with van der Waals surface area (Å²) in [5, 5.41) is 41.2. The van der Waals surface area contributed by atoms with Crippen LogP contribution in [0.2, 0.25) is 0 Å². The molecule has 0 atom stereocenters. The van der Waals surface area contributed by atoms with E-state index in [-0.39, 0.29) is 25.8 Å². The van der Waals surface area contributed by atoms with Crippen LogP contribution in [0.3, 0.4) is 0 Å². The van der Waals surface area contributed by atoms with Crippen molar-refractivity contribution in [2.75, 3.05) is 0 Å². The SMILES string of the molecule is [Hf+4].[O-]c1ccccc1[O-].[O-]c1ccccc1[O-]. The molecule has 0 amide bonds. The van der Waals surface area contributed by atoms with E-state index in [9.17, 15) is 20.4 Å². The third-order valence-corrected chi connectivity index (χ3v) is 1.70. The number of benzene rings is 2. The van der Waals surface area contributed by atoms with Gasteiger partial charge >= 0.3 is 25.8 Å². The number of para-hydroxylation sites is 4. The molecule has 0 saturated carbocycles. The normalized spacial score (nSPS) is 8.47. The Kier molecular flexibility index (Phi) is 7.05. The Morgan fingerprint density at radius 2 is 0.647 bits per heavy atom. The van der Waals surface area contributed by atoms with Crippen molar-refractivity contribution < 1.29 is 46.3 Å². The molecule has 0 saturated heterocycles. The Labute approximate surface area is 118 Å². The minimum Gasteiger partial charge on any atom is -0.873 e. The van der Waals surface area contributed by atoms with E-state index >= 15 is 0 Å². The molecule has 0 spiro atoms. The van der Waals surface area contributed by atoms with Crippen LogP contribution in [0.15, 0.2) is 48.5 Å². The van der Waals surface area contributed by atoms with Crippen molar-refractivity contribution in [3.63, 3.8) is 0 Å². The van der Waals surface area contributed by atoms with Gasteiger partial charge in [-0.2, -0.15) is 0 Å². The molecule has 0 aliphatic rings. The first kappa shape index (κ1) is 15.5. The van der Waals surface area contributed by atoms with Crippen molar-refractivity contribution in [3.05, 3.63) is 48.5 Å². The van der Waals surface area contributed by atoms with Crippen LogP contribution in [-0.4, -0.2) is 0 Å². The molecule has 4 nitrogen and oxygen atoms in total. The van der Waals surface area contributed by atoms with E-state index in [1.165, 1.54) is 24.3 Å². The molecule has 2 rings (SSSR count). The topological polar surface area (TPSA) is 92.2 Å². The summed E-state index contributed by atoms with van der Waals surface area (Å²) in [5.74, 6) is -1.75. The van der Waals surface area contributed by atoms with Gasteiger partial charge in [-0.05, 0) is 0 Å². The van der Waals surface area contributed by atoms with E-state index in [0.29, 0.717) is 0 Å². The minimum atomic E-state index is -0.437. The zero-order valence-corrected chi connectivity index (χ0v) is 12.3. The molecule has 0 bridgehead atoms. The van der Waals surface area contributed by atoms with Crippen LogP contribution >= 0.6 is 0 Å². The van der Waals surface area contributed by atoms with Gasteiger partial charge in [-0.1, -0.05) is 48.5 Å². The summed E-state index contributed by atoms with van der Waals surface area (Å²) in [6.07, 6.45) is 0. The van der Waals surface area contributed by atoms with E-state index < -0.39 is 23.0 Å². The fourth-order valence-corrected chi connectivity index (χ4v) is 0.900. The predicted molar refractivity (Wildman–Crippen MR) is 50.7 cm³/mol. The van der Waals surface area contributed by atoms with Gasteiger partial charge in [0.25, 0.3) is 0 Å². The Hall–Kier alpha value is -1.49. The van der Waals surface area contributed by atoms with Crippen LogP contribution in [0.5, 0.6) is 23.0 Å². The molecule has 0 aliphatic carbocycles. The zero-order chi connectivity index (χ0) is 12.0. The van der Waals surface area contributed by atoms with E-state index in [2.05, 4.69) is 0 Å². The predicted octanol–water partition coefficient (Wildman–Crippen LogP) is -0.335. The van der Waals surface area contributed by atoms with Crippen molar-refractivity contribution in [1.82, 2.24) is 0 Å². The van der Waals surface area contributed by atoms with Crippen LogP contribution in [0.4, 0.5) is 0 Å². The fourth-order valence-electron chi connectivity index (χ4n) is 0.900. The monoisotopic (exact) mass is 396 g/mol. The second-order valence-electron chi connectivity index (χ2n) is 2.89. The Balaban J connectivity index is 0.000000284. The maximum absolute atomic E-state index is 10.3. The number of rotatable bonds is 0. The molecule has 5 heteroatoms. The molecule has 0 heterocycles. The largest absolute Gasteiger partial charge is 4.00 e. The van der Waals surface area contributed by atoms with E-state index in [1.807, 2.05) is 0 Å². The maximum Gasteiger partial charge on any atom is 4.00 e. The van der Waals surface area contributed by atoms with Crippen LogP contribution in [0.1, 0.15) is 0 Å². The van der Waals surface area contributed by atoms with Gasteiger partial charge in [0.15, 0.2) is 0 Å². The molecule has 0 radical (unpaired) electrons. The molecule has 0 N–H and O–H groups in total. The van der Waals surface area contributed by atoms with Gasteiger partial charge in [0.2, 0.25) is 0 Å². The van der Waals surface area contributed by atoms with Crippen LogP contribution < -0.4 is 20.4 Å². The van der Waals surface area contributed by atoms with Crippen molar-refractivity contribution in [3.8, 4) is 23.0 Å².